The Hall–Kier alpha value is -2.92. The molecule has 0 saturated heterocycles. The molecule has 3 rings (SSSR count). The van der Waals surface area contributed by atoms with E-state index in [-0.39, 0.29) is 18.3 Å². The minimum Gasteiger partial charge on any atom is -0.364 e. The van der Waals surface area contributed by atoms with Crippen molar-refractivity contribution >= 4 is 29.8 Å². The molecule has 1 heterocycles. The fraction of sp³-hybridized carbons (Fsp3) is 0.105. The first-order valence-corrected chi connectivity index (χ1v) is 7.70. The largest absolute Gasteiger partial charge is 0.364 e. The van der Waals surface area contributed by atoms with Crippen molar-refractivity contribution in [3.8, 4) is 11.4 Å². The van der Waals surface area contributed by atoms with Crippen molar-refractivity contribution in [3.05, 3.63) is 72.4 Å². The van der Waals surface area contributed by atoms with Crippen molar-refractivity contribution < 1.29 is 4.79 Å². The number of hydrogen-bond acceptors (Lipinski definition) is 4. The molecule has 0 unspecified atom stereocenters. The second-order valence-electron chi connectivity index (χ2n) is 5.34. The third kappa shape index (κ3) is 5.02. The highest BCUT2D eigenvalue weighted by Crippen LogP contribution is 2.23. The SMILES string of the molecule is CC(=O)Nc1cnc(-c2ccccc2)nc1NCc1ccccc1.Cl. The molecule has 0 saturated carbocycles. The van der Waals surface area contributed by atoms with Gasteiger partial charge in [0.2, 0.25) is 5.91 Å². The number of amides is 1. The highest BCUT2D eigenvalue weighted by molar-refractivity contribution is 5.91. The van der Waals surface area contributed by atoms with Crippen LogP contribution in [0.5, 0.6) is 0 Å². The van der Waals surface area contributed by atoms with Crippen LogP contribution in [0.15, 0.2) is 66.9 Å². The van der Waals surface area contributed by atoms with Gasteiger partial charge in [-0.25, -0.2) is 9.97 Å². The minimum absolute atomic E-state index is 0. The van der Waals surface area contributed by atoms with Crippen LogP contribution in [-0.4, -0.2) is 15.9 Å². The number of hydrogen-bond donors (Lipinski definition) is 2. The van der Waals surface area contributed by atoms with Gasteiger partial charge < -0.3 is 10.6 Å². The van der Waals surface area contributed by atoms with Crippen molar-refractivity contribution in [1.29, 1.82) is 0 Å². The van der Waals surface area contributed by atoms with Crippen molar-refractivity contribution in [2.24, 2.45) is 0 Å². The van der Waals surface area contributed by atoms with Gasteiger partial charge in [-0.3, -0.25) is 4.79 Å². The molecule has 0 bridgehead atoms. The first kappa shape index (κ1) is 18.4. The summed E-state index contributed by atoms with van der Waals surface area (Å²) in [5.74, 6) is 1.05. The molecule has 0 aliphatic carbocycles. The fourth-order valence-corrected chi connectivity index (χ4v) is 2.31. The first-order chi connectivity index (χ1) is 11.7. The highest BCUT2D eigenvalue weighted by atomic mass is 35.5. The van der Waals surface area contributed by atoms with E-state index in [0.717, 1.165) is 11.1 Å². The summed E-state index contributed by atoms with van der Waals surface area (Å²) in [5.41, 5.74) is 2.62. The van der Waals surface area contributed by atoms with Crippen molar-refractivity contribution in [3.63, 3.8) is 0 Å². The van der Waals surface area contributed by atoms with E-state index in [9.17, 15) is 4.79 Å². The number of anilines is 2. The number of benzene rings is 2. The minimum atomic E-state index is -0.158. The van der Waals surface area contributed by atoms with E-state index in [1.807, 2.05) is 60.7 Å². The van der Waals surface area contributed by atoms with Crippen LogP contribution in [0.1, 0.15) is 12.5 Å². The first-order valence-electron chi connectivity index (χ1n) is 7.70. The van der Waals surface area contributed by atoms with Crippen molar-refractivity contribution in [1.82, 2.24) is 9.97 Å². The summed E-state index contributed by atoms with van der Waals surface area (Å²) in [6, 6.07) is 19.8. The van der Waals surface area contributed by atoms with Gasteiger partial charge in [0.05, 0.1) is 6.20 Å². The van der Waals surface area contributed by atoms with Crippen molar-refractivity contribution in [2.45, 2.75) is 13.5 Å². The number of carbonyl (C=O) groups excluding carboxylic acids is 1. The monoisotopic (exact) mass is 354 g/mol. The summed E-state index contributed by atoms with van der Waals surface area (Å²) in [6.45, 7) is 2.07. The number of nitrogens with one attached hydrogen (secondary N) is 2. The molecule has 2 aromatic carbocycles. The molecule has 0 radical (unpaired) electrons. The topological polar surface area (TPSA) is 66.9 Å². The van der Waals surface area contributed by atoms with Crippen LogP contribution < -0.4 is 10.6 Å². The lowest BCUT2D eigenvalue weighted by Crippen LogP contribution is -2.12. The zero-order valence-corrected chi connectivity index (χ0v) is 14.6. The summed E-state index contributed by atoms with van der Waals surface area (Å²) >= 11 is 0. The average molecular weight is 355 g/mol. The Morgan fingerprint density at radius 1 is 1.00 bits per heavy atom. The third-order valence-corrected chi connectivity index (χ3v) is 3.43. The van der Waals surface area contributed by atoms with Crippen LogP contribution in [0.4, 0.5) is 11.5 Å². The molecule has 0 spiro atoms. The molecule has 1 aromatic heterocycles. The summed E-state index contributed by atoms with van der Waals surface area (Å²) in [6.07, 6.45) is 1.63. The molecule has 3 aromatic rings. The number of aromatic nitrogens is 2. The van der Waals surface area contributed by atoms with Crippen molar-refractivity contribution in [2.75, 3.05) is 10.6 Å². The lowest BCUT2D eigenvalue weighted by molar-refractivity contribution is -0.114. The van der Waals surface area contributed by atoms with Gasteiger partial charge in [-0.05, 0) is 5.56 Å². The van der Waals surface area contributed by atoms with E-state index in [4.69, 9.17) is 0 Å². The quantitative estimate of drug-likeness (QED) is 0.722. The van der Waals surface area contributed by atoms with Gasteiger partial charge in [0, 0.05) is 19.0 Å². The zero-order chi connectivity index (χ0) is 16.8. The van der Waals surface area contributed by atoms with Crippen LogP contribution in [0, 0.1) is 0 Å². The Kier molecular flexibility index (Phi) is 6.48. The van der Waals surface area contributed by atoms with Gasteiger partial charge in [0.1, 0.15) is 5.69 Å². The Bertz CT molecular complexity index is 825. The molecule has 0 aliphatic heterocycles. The third-order valence-electron chi connectivity index (χ3n) is 3.43. The maximum atomic E-state index is 11.4. The molecular weight excluding hydrogens is 336 g/mol. The Labute approximate surface area is 152 Å². The predicted octanol–water partition coefficient (Wildman–Crippen LogP) is 4.14. The second kappa shape index (κ2) is 8.80. The molecule has 25 heavy (non-hydrogen) atoms. The van der Waals surface area contributed by atoms with Gasteiger partial charge in [0.15, 0.2) is 11.6 Å². The Morgan fingerprint density at radius 2 is 1.64 bits per heavy atom. The lowest BCUT2D eigenvalue weighted by Gasteiger charge is -2.12. The zero-order valence-electron chi connectivity index (χ0n) is 13.8. The molecule has 5 nitrogen and oxygen atoms in total. The molecule has 0 aliphatic rings. The maximum absolute atomic E-state index is 11.4. The average Bonchev–Trinajstić information content (AvgIpc) is 2.62. The molecule has 1 amide bonds. The van der Waals surface area contributed by atoms with Crippen LogP contribution in [0.2, 0.25) is 0 Å². The molecular formula is C19H19ClN4O. The summed E-state index contributed by atoms with van der Waals surface area (Å²) in [7, 11) is 0. The van der Waals surface area contributed by atoms with E-state index in [2.05, 4.69) is 20.6 Å². The van der Waals surface area contributed by atoms with E-state index in [0.29, 0.717) is 23.9 Å². The smallest absolute Gasteiger partial charge is 0.221 e. The summed E-state index contributed by atoms with van der Waals surface area (Å²) in [5, 5.41) is 6.04. The van der Waals surface area contributed by atoms with E-state index in [1.54, 1.807) is 6.20 Å². The van der Waals surface area contributed by atoms with E-state index >= 15 is 0 Å². The molecule has 128 valence electrons. The lowest BCUT2D eigenvalue weighted by atomic mass is 10.2. The number of carbonyl (C=O) groups is 1. The maximum Gasteiger partial charge on any atom is 0.221 e. The molecule has 6 heteroatoms. The Morgan fingerprint density at radius 3 is 2.28 bits per heavy atom. The number of nitrogens with zero attached hydrogens (tertiary/aromatic N) is 2. The van der Waals surface area contributed by atoms with Crippen LogP contribution in [0.25, 0.3) is 11.4 Å². The van der Waals surface area contributed by atoms with Gasteiger partial charge in [-0.1, -0.05) is 60.7 Å². The summed E-state index contributed by atoms with van der Waals surface area (Å²) < 4.78 is 0. The Balaban J connectivity index is 0.00000225. The van der Waals surface area contributed by atoms with Gasteiger partial charge >= 0.3 is 0 Å². The highest BCUT2D eigenvalue weighted by Gasteiger charge is 2.10. The van der Waals surface area contributed by atoms with Gasteiger partial charge in [-0.2, -0.15) is 0 Å². The number of halogens is 1. The predicted molar refractivity (Wildman–Crippen MR) is 103 cm³/mol. The van der Waals surface area contributed by atoms with Crippen LogP contribution in [0.3, 0.4) is 0 Å². The standard InChI is InChI=1S/C19H18N4O.ClH/c1-14(24)22-17-13-21-18(16-10-6-3-7-11-16)23-19(17)20-12-15-8-4-2-5-9-15;/h2-11,13H,12H2,1H3,(H,22,24)(H,20,21,23);1H. The van der Waals surface area contributed by atoms with Crippen LogP contribution >= 0.6 is 12.4 Å². The van der Waals surface area contributed by atoms with Gasteiger partial charge in [-0.15, -0.1) is 12.4 Å². The summed E-state index contributed by atoms with van der Waals surface area (Å²) in [4.78, 5) is 20.3. The number of rotatable bonds is 5. The molecule has 2 N–H and O–H groups in total. The van der Waals surface area contributed by atoms with E-state index in [1.165, 1.54) is 6.92 Å². The van der Waals surface area contributed by atoms with Gasteiger partial charge in [0.25, 0.3) is 0 Å². The molecule has 0 fully saturated rings. The fourth-order valence-electron chi connectivity index (χ4n) is 2.31. The van der Waals surface area contributed by atoms with E-state index < -0.39 is 0 Å². The second-order valence-corrected chi connectivity index (χ2v) is 5.34. The van der Waals surface area contributed by atoms with Crippen LogP contribution in [-0.2, 0) is 11.3 Å². The molecule has 0 atom stereocenters. The normalized spacial score (nSPS) is 9.80.